The van der Waals surface area contributed by atoms with Crippen LogP contribution in [0.1, 0.15) is 50.0 Å². The summed E-state index contributed by atoms with van der Waals surface area (Å²) in [5.74, 6) is -0.391. The molecule has 1 amide bonds. The average Bonchev–Trinajstić information content (AvgIpc) is 2.53. The Bertz CT molecular complexity index is 691. The van der Waals surface area contributed by atoms with Crippen LogP contribution >= 0.6 is 11.6 Å². The summed E-state index contributed by atoms with van der Waals surface area (Å²) in [5, 5.41) is 0.482. The van der Waals surface area contributed by atoms with Crippen molar-refractivity contribution in [2.24, 2.45) is 0 Å². The first kappa shape index (κ1) is 19.3. The van der Waals surface area contributed by atoms with Crippen molar-refractivity contribution in [3.8, 4) is 0 Å². The fraction of sp³-hybridized carbons (Fsp3) is 0.474. The zero-order valence-electron chi connectivity index (χ0n) is 15.1. The molecule has 0 saturated heterocycles. The Hall–Kier alpha value is -2.01. The Kier molecular flexibility index (Phi) is 6.11. The molecule has 136 valence electrons. The van der Waals surface area contributed by atoms with E-state index in [1.807, 2.05) is 32.9 Å². The lowest BCUT2D eigenvalue weighted by Crippen LogP contribution is -2.39. The maximum atomic E-state index is 12.1. The minimum absolute atomic E-state index is 0.314. The Morgan fingerprint density at radius 3 is 2.52 bits per heavy atom. The van der Waals surface area contributed by atoms with Gasteiger partial charge < -0.3 is 14.4 Å². The minimum Gasteiger partial charge on any atom is -0.462 e. The summed E-state index contributed by atoms with van der Waals surface area (Å²) < 4.78 is 10.4. The molecule has 1 aliphatic rings. The highest BCUT2D eigenvalue weighted by molar-refractivity contribution is 6.31. The molecule has 0 fully saturated rings. The molecule has 0 atom stereocenters. The Morgan fingerprint density at radius 1 is 1.24 bits per heavy atom. The number of esters is 1. The van der Waals surface area contributed by atoms with E-state index in [2.05, 4.69) is 0 Å². The van der Waals surface area contributed by atoms with Crippen LogP contribution in [0.15, 0.2) is 24.3 Å². The van der Waals surface area contributed by atoms with Gasteiger partial charge in [0.1, 0.15) is 5.60 Å². The van der Waals surface area contributed by atoms with Crippen LogP contribution in [-0.4, -0.2) is 42.3 Å². The smallest absolute Gasteiger partial charge is 0.410 e. The molecule has 0 aliphatic carbocycles. The summed E-state index contributed by atoms with van der Waals surface area (Å²) in [6.45, 7) is 8.64. The van der Waals surface area contributed by atoms with Gasteiger partial charge in [0.15, 0.2) is 0 Å². The molecule has 1 aromatic rings. The molecule has 0 bridgehead atoms. The number of amides is 1. The number of carbonyl (C=O) groups excluding carboxylic acids is 2. The number of hydrogen-bond acceptors (Lipinski definition) is 4. The summed E-state index contributed by atoms with van der Waals surface area (Å²) in [4.78, 5) is 25.7. The van der Waals surface area contributed by atoms with Crippen molar-refractivity contribution in [3.05, 3.63) is 40.4 Å². The van der Waals surface area contributed by atoms with Gasteiger partial charge in [0.05, 0.1) is 12.2 Å². The van der Waals surface area contributed by atoms with Gasteiger partial charge in [-0.25, -0.2) is 9.59 Å². The largest absolute Gasteiger partial charge is 0.462 e. The number of nitrogens with zero attached hydrogens (tertiary/aromatic N) is 1. The van der Waals surface area contributed by atoms with Crippen LogP contribution < -0.4 is 0 Å². The van der Waals surface area contributed by atoms with Crippen LogP contribution in [0.25, 0.3) is 5.57 Å². The van der Waals surface area contributed by atoms with Crippen molar-refractivity contribution in [1.82, 2.24) is 4.90 Å². The lowest BCUT2D eigenvalue weighted by molar-refractivity contribution is 0.0270. The predicted molar refractivity (Wildman–Crippen MR) is 97.8 cm³/mol. The van der Waals surface area contributed by atoms with E-state index in [-0.39, 0.29) is 6.09 Å². The third-order valence-corrected chi connectivity index (χ3v) is 3.86. The molecular weight excluding hydrogens is 342 g/mol. The molecule has 0 N–H and O–H groups in total. The molecule has 1 aliphatic heterocycles. The van der Waals surface area contributed by atoms with Crippen molar-refractivity contribution in [2.45, 2.75) is 39.7 Å². The molecule has 2 rings (SSSR count). The van der Waals surface area contributed by atoms with E-state index >= 15 is 0 Å². The first-order valence-electron chi connectivity index (χ1n) is 8.34. The van der Waals surface area contributed by atoms with Crippen molar-refractivity contribution >= 4 is 29.2 Å². The van der Waals surface area contributed by atoms with Crippen LogP contribution in [0, 0.1) is 0 Å². The van der Waals surface area contributed by atoms with Gasteiger partial charge in [0, 0.05) is 18.1 Å². The molecule has 0 spiro atoms. The third kappa shape index (κ3) is 5.49. The van der Waals surface area contributed by atoms with Gasteiger partial charge >= 0.3 is 12.1 Å². The van der Waals surface area contributed by atoms with E-state index in [1.54, 1.807) is 24.0 Å². The molecule has 0 saturated carbocycles. The van der Waals surface area contributed by atoms with Crippen LogP contribution in [0.4, 0.5) is 4.79 Å². The number of carbonyl (C=O) groups is 2. The van der Waals surface area contributed by atoms with Gasteiger partial charge in [-0.2, -0.15) is 0 Å². The van der Waals surface area contributed by atoms with Crippen LogP contribution in [0.2, 0.25) is 5.02 Å². The zero-order valence-corrected chi connectivity index (χ0v) is 15.9. The molecule has 25 heavy (non-hydrogen) atoms. The Morgan fingerprint density at radius 2 is 1.96 bits per heavy atom. The number of benzene rings is 1. The van der Waals surface area contributed by atoms with Gasteiger partial charge in [0.2, 0.25) is 0 Å². The number of hydrogen-bond donors (Lipinski definition) is 0. The van der Waals surface area contributed by atoms with Gasteiger partial charge in [-0.3, -0.25) is 0 Å². The molecular formula is C19H24ClNO4. The van der Waals surface area contributed by atoms with Crippen LogP contribution in [0.3, 0.4) is 0 Å². The molecule has 5 nitrogen and oxygen atoms in total. The lowest BCUT2D eigenvalue weighted by Gasteiger charge is -2.29. The van der Waals surface area contributed by atoms with Crippen molar-refractivity contribution in [1.29, 1.82) is 0 Å². The maximum absolute atomic E-state index is 12.1. The molecule has 0 aromatic heterocycles. The van der Waals surface area contributed by atoms with Gasteiger partial charge in [-0.15, -0.1) is 0 Å². The van der Waals surface area contributed by atoms with E-state index in [0.717, 1.165) is 11.1 Å². The SMILES string of the molecule is CCOC(=O)c1cc(Cl)cc(C2=CCN(C(=O)OC(C)(C)C)CC2)c1. The fourth-order valence-corrected chi connectivity index (χ4v) is 2.77. The molecule has 0 radical (unpaired) electrons. The summed E-state index contributed by atoms with van der Waals surface area (Å²) in [6.07, 6.45) is 2.32. The third-order valence-electron chi connectivity index (χ3n) is 3.64. The normalized spacial score (nSPS) is 14.8. The number of halogens is 1. The molecule has 1 heterocycles. The summed E-state index contributed by atoms with van der Waals surface area (Å²) >= 11 is 6.15. The molecule has 0 unspecified atom stereocenters. The van der Waals surface area contributed by atoms with E-state index < -0.39 is 11.6 Å². The second-order valence-electron chi connectivity index (χ2n) is 6.85. The quantitative estimate of drug-likeness (QED) is 0.738. The highest BCUT2D eigenvalue weighted by Crippen LogP contribution is 2.27. The second kappa shape index (κ2) is 7.91. The first-order chi connectivity index (χ1) is 11.7. The first-order valence-corrected chi connectivity index (χ1v) is 8.72. The van der Waals surface area contributed by atoms with E-state index in [1.165, 1.54) is 0 Å². The van der Waals surface area contributed by atoms with Crippen molar-refractivity contribution in [3.63, 3.8) is 0 Å². The summed E-state index contributed by atoms with van der Waals surface area (Å²) in [6, 6.07) is 5.19. The highest BCUT2D eigenvalue weighted by Gasteiger charge is 2.24. The topological polar surface area (TPSA) is 55.8 Å². The van der Waals surface area contributed by atoms with Crippen molar-refractivity contribution < 1.29 is 19.1 Å². The number of ether oxygens (including phenoxy) is 2. The van der Waals surface area contributed by atoms with Crippen LogP contribution in [0.5, 0.6) is 0 Å². The average molecular weight is 366 g/mol. The Labute approximate surface area is 153 Å². The summed E-state index contributed by atoms with van der Waals surface area (Å²) in [7, 11) is 0. The predicted octanol–water partition coefficient (Wildman–Crippen LogP) is 4.54. The van der Waals surface area contributed by atoms with E-state index in [0.29, 0.717) is 36.7 Å². The maximum Gasteiger partial charge on any atom is 0.410 e. The van der Waals surface area contributed by atoms with Crippen molar-refractivity contribution in [2.75, 3.05) is 19.7 Å². The van der Waals surface area contributed by atoms with E-state index in [9.17, 15) is 9.59 Å². The molecule has 1 aromatic carbocycles. The zero-order chi connectivity index (χ0) is 18.6. The van der Waals surface area contributed by atoms with Gasteiger partial charge in [-0.05, 0) is 63.5 Å². The lowest BCUT2D eigenvalue weighted by atomic mass is 9.98. The monoisotopic (exact) mass is 365 g/mol. The Balaban J connectivity index is 2.13. The molecule has 6 heteroatoms. The fourth-order valence-electron chi connectivity index (χ4n) is 2.53. The standard InChI is InChI=1S/C19H24ClNO4/c1-5-24-17(22)15-10-14(11-16(20)12-15)13-6-8-21(9-7-13)18(23)25-19(2,3)4/h6,10-12H,5,7-9H2,1-4H3. The van der Waals surface area contributed by atoms with E-state index in [4.69, 9.17) is 21.1 Å². The highest BCUT2D eigenvalue weighted by atomic mass is 35.5. The second-order valence-corrected chi connectivity index (χ2v) is 7.29. The van der Waals surface area contributed by atoms with Gasteiger partial charge in [-0.1, -0.05) is 17.7 Å². The summed E-state index contributed by atoms with van der Waals surface area (Å²) in [5.41, 5.74) is 1.84. The van der Waals surface area contributed by atoms with Crippen LogP contribution in [-0.2, 0) is 9.47 Å². The number of rotatable bonds is 3. The van der Waals surface area contributed by atoms with Gasteiger partial charge in [0.25, 0.3) is 0 Å². The minimum atomic E-state index is -0.511.